The molecule has 0 spiro atoms. The van der Waals surface area contributed by atoms with E-state index in [-0.39, 0.29) is 28.8 Å². The van der Waals surface area contributed by atoms with Gasteiger partial charge in [0.15, 0.2) is 0 Å². The van der Waals surface area contributed by atoms with E-state index in [1.54, 1.807) is 6.08 Å². The summed E-state index contributed by atoms with van der Waals surface area (Å²) in [5, 5.41) is 12.2. The summed E-state index contributed by atoms with van der Waals surface area (Å²) in [5.41, 5.74) is 6.17. The minimum atomic E-state index is -0.656. The zero-order chi connectivity index (χ0) is 26.4. The minimum Gasteiger partial charge on any atom is -0.465 e. The number of ether oxygens (including phenoxy) is 2. The first-order valence-electron chi connectivity index (χ1n) is 14.7. The zero-order valence-corrected chi connectivity index (χ0v) is 23.1. The standard InChI is InChI=1S/C24H34O5.C6H14N2/c1-22-8-5-17(29-14-25)12-16(22)3-4-20-19(22)6-9-23(2)18(7-10-24(20,23)27)15-11-21(26)28-13-15;1-8-4-2-6(7)3-5-8/h11,14,16-20,27H,3-10,12-13H2,1-2H3;6H,2-5,7H2,1H3. The van der Waals surface area contributed by atoms with Gasteiger partial charge >= 0.3 is 5.97 Å². The molecule has 6 rings (SSSR count). The van der Waals surface area contributed by atoms with Crippen LogP contribution < -0.4 is 5.73 Å². The van der Waals surface area contributed by atoms with E-state index in [0.717, 1.165) is 63.4 Å². The number of likely N-dealkylation sites (tertiary alicyclic amines) is 1. The number of cyclic esters (lactones) is 1. The van der Waals surface area contributed by atoms with Crippen LogP contribution in [0.15, 0.2) is 11.6 Å². The van der Waals surface area contributed by atoms with Crippen molar-refractivity contribution in [3.05, 3.63) is 11.6 Å². The van der Waals surface area contributed by atoms with Crippen molar-refractivity contribution >= 4 is 12.4 Å². The molecule has 4 aliphatic carbocycles. The Morgan fingerprint density at radius 1 is 1.05 bits per heavy atom. The van der Waals surface area contributed by atoms with Crippen LogP contribution in [-0.4, -0.2) is 66.9 Å². The number of esters is 1. The number of nitrogens with two attached hydrogens (primary N) is 1. The topological polar surface area (TPSA) is 102 Å². The molecule has 0 radical (unpaired) electrons. The fraction of sp³-hybridized carbons (Fsp3) is 0.867. The molecule has 2 heterocycles. The van der Waals surface area contributed by atoms with Crippen LogP contribution in [0.25, 0.3) is 0 Å². The number of aliphatic hydroxyl groups is 1. The molecule has 1 saturated heterocycles. The monoisotopic (exact) mass is 516 g/mol. The van der Waals surface area contributed by atoms with E-state index >= 15 is 0 Å². The molecule has 6 aliphatic rings. The van der Waals surface area contributed by atoms with Crippen molar-refractivity contribution in [2.24, 2.45) is 40.2 Å². The lowest BCUT2D eigenvalue weighted by Gasteiger charge is -2.63. The van der Waals surface area contributed by atoms with Crippen molar-refractivity contribution in [3.8, 4) is 0 Å². The van der Waals surface area contributed by atoms with Crippen LogP contribution in [-0.2, 0) is 19.1 Å². The second-order valence-electron chi connectivity index (χ2n) is 13.6. The number of fused-ring (bicyclic) bond motifs is 5. The Bertz CT molecular complexity index is 890. The van der Waals surface area contributed by atoms with E-state index in [0.29, 0.717) is 36.9 Å². The molecule has 3 N–H and O–H groups in total. The van der Waals surface area contributed by atoms with Gasteiger partial charge in [0.1, 0.15) is 12.7 Å². The quantitative estimate of drug-likeness (QED) is 0.434. The average Bonchev–Trinajstić information content (AvgIpc) is 3.41. The highest BCUT2D eigenvalue weighted by atomic mass is 16.5. The number of carbonyl (C=O) groups excluding carboxylic acids is 2. The van der Waals surface area contributed by atoms with Gasteiger partial charge in [-0.3, -0.25) is 4.79 Å². The highest BCUT2D eigenvalue weighted by Crippen LogP contribution is 2.70. The summed E-state index contributed by atoms with van der Waals surface area (Å²) in [6.07, 6.45) is 13.2. The predicted octanol–water partition coefficient (Wildman–Crippen LogP) is 3.82. The van der Waals surface area contributed by atoms with E-state index in [9.17, 15) is 14.7 Å². The molecule has 208 valence electrons. The SMILES string of the molecule is CC12CCC(OC=O)CC1CCC1C2CCC2(C)C(C3=CC(=O)OC3)CCC12O.CN1CCC(N)CC1. The molecule has 0 aromatic heterocycles. The number of piperidine rings is 1. The smallest absolute Gasteiger partial charge is 0.331 e. The van der Waals surface area contributed by atoms with Gasteiger partial charge in [0.25, 0.3) is 6.47 Å². The number of hydrogen-bond acceptors (Lipinski definition) is 7. The van der Waals surface area contributed by atoms with Gasteiger partial charge in [0.05, 0.1) is 5.60 Å². The maximum absolute atomic E-state index is 12.2. The number of nitrogens with zero attached hydrogens (tertiary/aromatic N) is 1. The zero-order valence-electron chi connectivity index (χ0n) is 23.1. The molecule has 37 heavy (non-hydrogen) atoms. The van der Waals surface area contributed by atoms with Crippen molar-refractivity contribution in [1.82, 2.24) is 4.90 Å². The molecule has 2 aliphatic heterocycles. The number of hydrogen-bond donors (Lipinski definition) is 2. The molecule has 7 nitrogen and oxygen atoms in total. The lowest BCUT2D eigenvalue weighted by Crippen LogP contribution is -2.62. The van der Waals surface area contributed by atoms with Crippen LogP contribution >= 0.6 is 0 Å². The fourth-order valence-electron chi connectivity index (χ4n) is 9.60. The molecular formula is C30H48N2O5. The molecule has 8 unspecified atom stereocenters. The van der Waals surface area contributed by atoms with Crippen molar-refractivity contribution in [3.63, 3.8) is 0 Å². The number of rotatable bonds is 3. The lowest BCUT2D eigenvalue weighted by atomic mass is 9.43. The third-order valence-corrected chi connectivity index (χ3v) is 11.9. The Morgan fingerprint density at radius 2 is 1.81 bits per heavy atom. The van der Waals surface area contributed by atoms with Crippen molar-refractivity contribution in [2.75, 3.05) is 26.7 Å². The second-order valence-corrected chi connectivity index (χ2v) is 13.6. The minimum absolute atomic E-state index is 0.0711. The molecule has 5 fully saturated rings. The Kier molecular flexibility index (Phi) is 7.53. The largest absolute Gasteiger partial charge is 0.465 e. The summed E-state index contributed by atoms with van der Waals surface area (Å²) in [6, 6.07) is 0.478. The molecule has 0 amide bonds. The third-order valence-electron chi connectivity index (χ3n) is 11.9. The lowest BCUT2D eigenvalue weighted by molar-refractivity contribution is -0.209. The van der Waals surface area contributed by atoms with Gasteiger partial charge in [-0.15, -0.1) is 0 Å². The van der Waals surface area contributed by atoms with Crippen LogP contribution in [0.3, 0.4) is 0 Å². The molecule has 8 atom stereocenters. The number of carbonyl (C=O) groups is 2. The highest BCUT2D eigenvalue weighted by Gasteiger charge is 2.67. The third kappa shape index (κ3) is 4.67. The summed E-state index contributed by atoms with van der Waals surface area (Å²) in [6.45, 7) is 8.09. The maximum atomic E-state index is 12.2. The Balaban J connectivity index is 0.000000301. The van der Waals surface area contributed by atoms with E-state index in [1.165, 1.54) is 25.9 Å². The van der Waals surface area contributed by atoms with E-state index < -0.39 is 5.60 Å². The molecular weight excluding hydrogens is 468 g/mol. The van der Waals surface area contributed by atoms with Crippen LogP contribution in [0.4, 0.5) is 0 Å². The van der Waals surface area contributed by atoms with Crippen LogP contribution in [0.5, 0.6) is 0 Å². The van der Waals surface area contributed by atoms with E-state index in [1.807, 2.05) is 0 Å². The first-order valence-corrected chi connectivity index (χ1v) is 14.7. The summed E-state index contributed by atoms with van der Waals surface area (Å²) in [7, 11) is 2.14. The Morgan fingerprint density at radius 3 is 2.46 bits per heavy atom. The van der Waals surface area contributed by atoms with Gasteiger partial charge in [-0.1, -0.05) is 13.8 Å². The van der Waals surface area contributed by atoms with Crippen LogP contribution in [0, 0.1) is 34.5 Å². The molecule has 0 bridgehead atoms. The predicted molar refractivity (Wildman–Crippen MR) is 141 cm³/mol. The normalized spacial score (nSPS) is 45.9. The van der Waals surface area contributed by atoms with Gasteiger partial charge in [-0.05, 0) is 125 Å². The van der Waals surface area contributed by atoms with Gasteiger partial charge in [-0.2, -0.15) is 0 Å². The maximum Gasteiger partial charge on any atom is 0.331 e. The first kappa shape index (κ1) is 27.1. The summed E-state index contributed by atoms with van der Waals surface area (Å²) < 4.78 is 10.5. The fourth-order valence-corrected chi connectivity index (χ4v) is 9.60. The Hall–Kier alpha value is -1.44. The van der Waals surface area contributed by atoms with Crippen molar-refractivity contribution in [2.45, 2.75) is 102 Å². The summed E-state index contributed by atoms with van der Waals surface area (Å²) >= 11 is 0. The molecule has 7 heteroatoms. The molecule has 4 saturated carbocycles. The summed E-state index contributed by atoms with van der Waals surface area (Å²) in [5.74, 6) is 1.47. The Labute approximate surface area is 222 Å². The average molecular weight is 517 g/mol. The van der Waals surface area contributed by atoms with Crippen molar-refractivity contribution < 1.29 is 24.2 Å². The van der Waals surface area contributed by atoms with Crippen LogP contribution in [0.1, 0.15) is 84.5 Å². The van der Waals surface area contributed by atoms with Gasteiger partial charge in [-0.25, -0.2) is 4.79 Å². The van der Waals surface area contributed by atoms with Gasteiger partial charge in [0, 0.05) is 17.5 Å². The molecule has 0 aromatic carbocycles. The molecule has 0 aromatic rings. The second kappa shape index (κ2) is 10.3. The van der Waals surface area contributed by atoms with Gasteiger partial charge in [0.2, 0.25) is 0 Å². The summed E-state index contributed by atoms with van der Waals surface area (Å²) in [4.78, 5) is 24.8. The highest BCUT2D eigenvalue weighted by molar-refractivity contribution is 5.85. The van der Waals surface area contributed by atoms with Crippen LogP contribution in [0.2, 0.25) is 0 Å². The van der Waals surface area contributed by atoms with E-state index in [2.05, 4.69) is 25.8 Å². The first-order chi connectivity index (χ1) is 17.6. The van der Waals surface area contributed by atoms with Crippen molar-refractivity contribution in [1.29, 1.82) is 0 Å². The van der Waals surface area contributed by atoms with E-state index in [4.69, 9.17) is 15.2 Å². The van der Waals surface area contributed by atoms with Gasteiger partial charge < -0.3 is 25.2 Å².